The topological polar surface area (TPSA) is 36.3 Å². The van der Waals surface area contributed by atoms with Crippen molar-refractivity contribution in [3.63, 3.8) is 0 Å². The number of morpholine rings is 1. The molecule has 1 heterocycles. The molecule has 0 aromatic heterocycles. The van der Waals surface area contributed by atoms with E-state index in [1.54, 1.807) is 6.07 Å². The first-order valence-electron chi connectivity index (χ1n) is 7.18. The maximum absolute atomic E-state index is 13.7. The number of ether oxygens (including phenoxy) is 1. The highest BCUT2D eigenvalue weighted by atomic mass is 19.1. The zero-order chi connectivity index (χ0) is 15.8. The molecule has 2 unspecified atom stereocenters. The van der Waals surface area contributed by atoms with Gasteiger partial charge in [-0.2, -0.15) is 5.26 Å². The molecule has 0 aromatic carbocycles. The molecule has 5 heteroatoms. The second kappa shape index (κ2) is 8.71. The Balaban J connectivity index is 2.87. The average molecular weight is 296 g/mol. The van der Waals surface area contributed by atoms with Crippen molar-refractivity contribution in [1.29, 1.82) is 5.26 Å². The molecule has 1 rings (SSSR count). The van der Waals surface area contributed by atoms with E-state index < -0.39 is 17.8 Å². The zero-order valence-corrected chi connectivity index (χ0v) is 12.8. The van der Waals surface area contributed by atoms with Gasteiger partial charge in [-0.25, -0.2) is 8.78 Å². The molecule has 0 amide bonds. The Bertz CT molecular complexity index is 473. The predicted octanol–water partition coefficient (Wildman–Crippen LogP) is 3.66. The molecule has 0 aromatic rings. The van der Waals surface area contributed by atoms with Crippen molar-refractivity contribution in [1.82, 2.24) is 4.90 Å². The maximum Gasteiger partial charge on any atom is 0.133 e. The minimum Gasteiger partial charge on any atom is -0.370 e. The molecular weight excluding hydrogens is 274 g/mol. The van der Waals surface area contributed by atoms with Crippen LogP contribution in [0.25, 0.3) is 0 Å². The number of allylic oxidation sites excluding steroid dienone is 4. The summed E-state index contributed by atoms with van der Waals surface area (Å²) in [5.74, 6) is -1.10. The van der Waals surface area contributed by atoms with E-state index in [1.165, 1.54) is 13.0 Å². The van der Waals surface area contributed by atoms with Crippen LogP contribution in [0.4, 0.5) is 8.78 Å². The molecule has 1 aliphatic heterocycles. The number of rotatable bonds is 5. The van der Waals surface area contributed by atoms with E-state index in [2.05, 4.69) is 18.7 Å². The summed E-state index contributed by atoms with van der Waals surface area (Å²) >= 11 is 0. The van der Waals surface area contributed by atoms with Crippen molar-refractivity contribution in [2.75, 3.05) is 19.7 Å². The van der Waals surface area contributed by atoms with Crippen molar-refractivity contribution in [3.8, 4) is 6.07 Å². The Morgan fingerprint density at radius 2 is 2.10 bits per heavy atom. The van der Waals surface area contributed by atoms with Gasteiger partial charge in [0.1, 0.15) is 11.7 Å². The van der Waals surface area contributed by atoms with Crippen LogP contribution >= 0.6 is 0 Å². The maximum atomic E-state index is 13.7. The molecule has 116 valence electrons. The summed E-state index contributed by atoms with van der Waals surface area (Å²) in [7, 11) is 0. The number of hydrogen-bond acceptors (Lipinski definition) is 3. The summed E-state index contributed by atoms with van der Waals surface area (Å²) < 4.78 is 32.7. The van der Waals surface area contributed by atoms with Gasteiger partial charge in [0, 0.05) is 18.2 Å². The van der Waals surface area contributed by atoms with Crippen molar-refractivity contribution in [2.24, 2.45) is 0 Å². The molecule has 1 aliphatic rings. The number of likely N-dealkylation sites (N-methyl/N-ethyl adjacent to an activating group) is 1. The lowest BCUT2D eigenvalue weighted by molar-refractivity contribution is -0.0453. The van der Waals surface area contributed by atoms with Gasteiger partial charge in [-0.15, -0.1) is 0 Å². The molecule has 21 heavy (non-hydrogen) atoms. The van der Waals surface area contributed by atoms with Gasteiger partial charge in [0.15, 0.2) is 0 Å². The number of hydrogen-bond donors (Lipinski definition) is 0. The van der Waals surface area contributed by atoms with E-state index in [9.17, 15) is 8.78 Å². The monoisotopic (exact) mass is 296 g/mol. The summed E-state index contributed by atoms with van der Waals surface area (Å²) in [5, 5.41) is 8.37. The molecule has 0 N–H and O–H groups in total. The number of nitriles is 1. The minimum atomic E-state index is -0.703. The summed E-state index contributed by atoms with van der Waals surface area (Å²) in [5.41, 5.74) is 0.324. The summed E-state index contributed by atoms with van der Waals surface area (Å²) in [6, 6.07) is 1.93. The van der Waals surface area contributed by atoms with Crippen LogP contribution in [-0.4, -0.2) is 36.7 Å². The van der Waals surface area contributed by atoms with Gasteiger partial charge in [0.2, 0.25) is 0 Å². The Labute approximate surface area is 125 Å². The molecule has 0 radical (unpaired) electrons. The molecule has 0 aliphatic carbocycles. The van der Waals surface area contributed by atoms with Crippen molar-refractivity contribution in [2.45, 2.75) is 39.3 Å². The highest BCUT2D eigenvalue weighted by molar-refractivity contribution is 5.31. The Kier molecular flexibility index (Phi) is 7.27. The SMILES string of the molecule is CCC1COC(C(/C=C\C(F)=C\C#N)=C(/C)F)CN1CC. The van der Waals surface area contributed by atoms with E-state index in [4.69, 9.17) is 10.00 Å². The third kappa shape index (κ3) is 5.07. The minimum absolute atomic E-state index is 0.324. The second-order valence-corrected chi connectivity index (χ2v) is 4.95. The van der Waals surface area contributed by atoms with Crippen LogP contribution in [0.15, 0.2) is 35.5 Å². The van der Waals surface area contributed by atoms with Gasteiger partial charge < -0.3 is 4.74 Å². The van der Waals surface area contributed by atoms with Gasteiger partial charge in [-0.3, -0.25) is 4.90 Å². The first-order chi connectivity index (χ1) is 10.0. The van der Waals surface area contributed by atoms with E-state index in [1.807, 2.05) is 0 Å². The van der Waals surface area contributed by atoms with Gasteiger partial charge in [-0.1, -0.05) is 19.9 Å². The van der Waals surface area contributed by atoms with E-state index in [-0.39, 0.29) is 0 Å². The molecule has 0 spiro atoms. The Morgan fingerprint density at radius 1 is 1.38 bits per heavy atom. The molecular formula is C16H22F2N2O. The van der Waals surface area contributed by atoms with Crippen LogP contribution in [-0.2, 0) is 4.74 Å². The number of halogens is 2. The highest BCUT2D eigenvalue weighted by Gasteiger charge is 2.29. The van der Waals surface area contributed by atoms with E-state index in [0.29, 0.717) is 24.8 Å². The number of nitrogens with zero attached hydrogens (tertiary/aromatic N) is 2. The fourth-order valence-corrected chi connectivity index (χ4v) is 2.42. The zero-order valence-electron chi connectivity index (χ0n) is 12.8. The van der Waals surface area contributed by atoms with Crippen molar-refractivity contribution < 1.29 is 13.5 Å². The fourth-order valence-electron chi connectivity index (χ4n) is 2.42. The van der Waals surface area contributed by atoms with Crippen molar-refractivity contribution in [3.05, 3.63) is 35.5 Å². The second-order valence-electron chi connectivity index (χ2n) is 4.95. The average Bonchev–Trinajstić information content (AvgIpc) is 2.47. The summed E-state index contributed by atoms with van der Waals surface area (Å²) in [4.78, 5) is 2.24. The van der Waals surface area contributed by atoms with E-state index >= 15 is 0 Å². The van der Waals surface area contributed by atoms with Crippen LogP contribution in [0.2, 0.25) is 0 Å². The van der Waals surface area contributed by atoms with Gasteiger partial charge in [-0.05, 0) is 26.0 Å². The molecule has 1 saturated heterocycles. The van der Waals surface area contributed by atoms with Crippen molar-refractivity contribution >= 4 is 0 Å². The first kappa shape index (κ1) is 17.5. The lowest BCUT2D eigenvalue weighted by atomic mass is 10.0. The lowest BCUT2D eigenvalue weighted by Crippen LogP contribution is -2.49. The van der Waals surface area contributed by atoms with E-state index in [0.717, 1.165) is 25.1 Å². The van der Waals surface area contributed by atoms with Crippen LogP contribution in [0.5, 0.6) is 0 Å². The largest absolute Gasteiger partial charge is 0.370 e. The fraction of sp³-hybridized carbons (Fsp3) is 0.562. The molecule has 3 nitrogen and oxygen atoms in total. The Morgan fingerprint density at radius 3 is 2.62 bits per heavy atom. The predicted molar refractivity (Wildman–Crippen MR) is 78.8 cm³/mol. The summed E-state index contributed by atoms with van der Waals surface area (Å²) in [6.07, 6.45) is 3.78. The van der Waals surface area contributed by atoms with Gasteiger partial charge in [0.05, 0.1) is 24.9 Å². The lowest BCUT2D eigenvalue weighted by Gasteiger charge is -2.39. The van der Waals surface area contributed by atoms with Gasteiger partial charge >= 0.3 is 0 Å². The quantitative estimate of drug-likeness (QED) is 0.574. The smallest absolute Gasteiger partial charge is 0.133 e. The molecule has 0 saturated carbocycles. The standard InChI is InChI=1S/C16H22F2N2O/c1-4-14-11-21-16(10-20(14)5-2)15(12(3)17)7-6-13(18)8-9-19/h6-8,14,16H,4-5,10-11H2,1-3H3/b7-6-,13-8-,15-12-. The van der Waals surface area contributed by atoms with Crippen LogP contribution in [0.3, 0.4) is 0 Å². The van der Waals surface area contributed by atoms with Gasteiger partial charge in [0.25, 0.3) is 0 Å². The summed E-state index contributed by atoms with van der Waals surface area (Å²) in [6.45, 7) is 7.47. The van der Waals surface area contributed by atoms with Crippen LogP contribution in [0, 0.1) is 11.3 Å². The molecule has 1 fully saturated rings. The Hall–Kier alpha value is -1.51. The third-order valence-corrected chi connectivity index (χ3v) is 3.65. The van der Waals surface area contributed by atoms with Crippen LogP contribution < -0.4 is 0 Å². The van der Waals surface area contributed by atoms with Crippen LogP contribution in [0.1, 0.15) is 27.2 Å². The molecule has 0 bridgehead atoms. The normalized spacial score (nSPS) is 25.8. The highest BCUT2D eigenvalue weighted by Crippen LogP contribution is 2.23. The first-order valence-corrected chi connectivity index (χ1v) is 7.18. The molecule has 2 atom stereocenters. The third-order valence-electron chi connectivity index (χ3n) is 3.65.